The first-order chi connectivity index (χ1) is 8.06. The second-order valence-corrected chi connectivity index (χ2v) is 5.05. The molecule has 1 atom stereocenters. The lowest BCUT2D eigenvalue weighted by Crippen LogP contribution is -2.13. The summed E-state index contributed by atoms with van der Waals surface area (Å²) in [6, 6.07) is 0. The smallest absolute Gasteiger partial charge is 0.0847 e. The summed E-state index contributed by atoms with van der Waals surface area (Å²) in [7, 11) is 1.87. The van der Waals surface area contributed by atoms with Crippen LogP contribution in [0.3, 0.4) is 0 Å². The van der Waals surface area contributed by atoms with E-state index in [1.807, 2.05) is 14.0 Å². The standard InChI is InChI=1S/C13H23ClN2O/c1-4-5-6-7-8-11(17)9-12-13(14)10(2)15-16(12)3/h11,17H,4-9H2,1-3H3. The molecular weight excluding hydrogens is 236 g/mol. The van der Waals surface area contributed by atoms with Crippen molar-refractivity contribution in [2.24, 2.45) is 7.05 Å². The minimum absolute atomic E-state index is 0.306. The maximum atomic E-state index is 9.96. The Labute approximate surface area is 109 Å². The molecule has 0 aliphatic rings. The molecule has 1 heterocycles. The van der Waals surface area contributed by atoms with Crippen molar-refractivity contribution >= 4 is 11.6 Å². The fourth-order valence-electron chi connectivity index (χ4n) is 2.03. The Kier molecular flexibility index (Phi) is 6.00. The number of rotatable bonds is 7. The van der Waals surface area contributed by atoms with Gasteiger partial charge in [0, 0.05) is 13.5 Å². The third-order valence-corrected chi connectivity index (χ3v) is 3.57. The Morgan fingerprint density at radius 3 is 2.59 bits per heavy atom. The number of halogens is 1. The average molecular weight is 259 g/mol. The molecule has 3 nitrogen and oxygen atoms in total. The molecule has 1 aromatic heterocycles. The van der Waals surface area contributed by atoms with E-state index in [1.165, 1.54) is 19.3 Å². The molecule has 0 aromatic carbocycles. The minimum Gasteiger partial charge on any atom is -0.393 e. The summed E-state index contributed by atoms with van der Waals surface area (Å²) in [6.45, 7) is 4.08. The van der Waals surface area contributed by atoms with E-state index in [0.29, 0.717) is 11.4 Å². The van der Waals surface area contributed by atoms with E-state index in [2.05, 4.69) is 12.0 Å². The molecule has 1 N–H and O–H groups in total. The van der Waals surface area contributed by atoms with E-state index < -0.39 is 0 Å². The lowest BCUT2D eigenvalue weighted by atomic mass is 10.1. The summed E-state index contributed by atoms with van der Waals surface area (Å²) in [5, 5.41) is 14.9. The third-order valence-electron chi connectivity index (χ3n) is 3.08. The van der Waals surface area contributed by atoms with Gasteiger partial charge in [0.05, 0.1) is 22.5 Å². The Morgan fingerprint density at radius 2 is 2.06 bits per heavy atom. The quantitative estimate of drug-likeness (QED) is 0.763. The average Bonchev–Trinajstić information content (AvgIpc) is 2.52. The molecule has 0 amide bonds. The van der Waals surface area contributed by atoms with Crippen molar-refractivity contribution < 1.29 is 5.11 Å². The summed E-state index contributed by atoms with van der Waals surface area (Å²) in [6.07, 6.45) is 5.90. The van der Waals surface area contributed by atoms with Crippen LogP contribution in [-0.2, 0) is 13.5 Å². The first kappa shape index (κ1) is 14.5. The van der Waals surface area contributed by atoms with Gasteiger partial charge in [-0.2, -0.15) is 5.10 Å². The molecule has 98 valence electrons. The number of hydrogen-bond acceptors (Lipinski definition) is 2. The topological polar surface area (TPSA) is 38.1 Å². The molecule has 0 saturated carbocycles. The van der Waals surface area contributed by atoms with Crippen LogP contribution in [0.1, 0.15) is 50.4 Å². The Morgan fingerprint density at radius 1 is 1.35 bits per heavy atom. The molecule has 0 spiro atoms. The lowest BCUT2D eigenvalue weighted by Gasteiger charge is -2.10. The van der Waals surface area contributed by atoms with Crippen LogP contribution in [0.15, 0.2) is 0 Å². The van der Waals surface area contributed by atoms with Crippen molar-refractivity contribution in [2.45, 2.75) is 58.5 Å². The number of nitrogens with zero attached hydrogens (tertiary/aromatic N) is 2. The number of aliphatic hydroxyl groups is 1. The molecule has 0 radical (unpaired) electrons. The molecule has 0 aliphatic heterocycles. The van der Waals surface area contributed by atoms with E-state index in [-0.39, 0.29) is 6.10 Å². The van der Waals surface area contributed by atoms with Crippen LogP contribution in [0, 0.1) is 6.92 Å². The van der Waals surface area contributed by atoms with Crippen LogP contribution in [0.25, 0.3) is 0 Å². The van der Waals surface area contributed by atoms with Gasteiger partial charge in [0.25, 0.3) is 0 Å². The molecule has 1 aromatic rings. The normalized spacial score (nSPS) is 13.0. The summed E-state index contributed by atoms with van der Waals surface area (Å²) in [4.78, 5) is 0. The van der Waals surface area contributed by atoms with Crippen molar-refractivity contribution in [3.05, 3.63) is 16.4 Å². The van der Waals surface area contributed by atoms with Gasteiger partial charge in [-0.25, -0.2) is 0 Å². The van der Waals surface area contributed by atoms with E-state index >= 15 is 0 Å². The Bertz CT molecular complexity index is 349. The largest absolute Gasteiger partial charge is 0.393 e. The molecule has 0 saturated heterocycles. The van der Waals surface area contributed by atoms with Gasteiger partial charge in [0.2, 0.25) is 0 Å². The number of aryl methyl sites for hydroxylation is 2. The summed E-state index contributed by atoms with van der Waals surface area (Å²) >= 11 is 6.15. The van der Waals surface area contributed by atoms with Crippen LogP contribution in [-0.4, -0.2) is 21.0 Å². The Hall–Kier alpha value is -0.540. The molecule has 0 fully saturated rings. The van der Waals surface area contributed by atoms with Gasteiger partial charge in [-0.15, -0.1) is 0 Å². The first-order valence-corrected chi connectivity index (χ1v) is 6.80. The third kappa shape index (κ3) is 4.32. The van der Waals surface area contributed by atoms with Crippen LogP contribution < -0.4 is 0 Å². The van der Waals surface area contributed by atoms with E-state index in [1.54, 1.807) is 4.68 Å². The second-order valence-electron chi connectivity index (χ2n) is 4.68. The monoisotopic (exact) mass is 258 g/mol. The summed E-state index contributed by atoms with van der Waals surface area (Å²) in [5.41, 5.74) is 1.77. The van der Waals surface area contributed by atoms with Crippen LogP contribution in [0.4, 0.5) is 0 Å². The highest BCUT2D eigenvalue weighted by molar-refractivity contribution is 6.31. The van der Waals surface area contributed by atoms with Crippen molar-refractivity contribution in [2.75, 3.05) is 0 Å². The highest BCUT2D eigenvalue weighted by Crippen LogP contribution is 2.21. The molecule has 1 unspecified atom stereocenters. The van der Waals surface area contributed by atoms with E-state index in [9.17, 15) is 5.11 Å². The molecule has 17 heavy (non-hydrogen) atoms. The molecular formula is C13H23ClN2O. The summed E-state index contributed by atoms with van der Waals surface area (Å²) in [5.74, 6) is 0. The van der Waals surface area contributed by atoms with Crippen molar-refractivity contribution in [1.82, 2.24) is 9.78 Å². The van der Waals surface area contributed by atoms with Crippen LogP contribution >= 0.6 is 11.6 Å². The zero-order valence-electron chi connectivity index (χ0n) is 11.0. The lowest BCUT2D eigenvalue weighted by molar-refractivity contribution is 0.158. The molecule has 0 aliphatic carbocycles. The van der Waals surface area contributed by atoms with E-state index in [0.717, 1.165) is 24.2 Å². The molecule has 1 rings (SSSR count). The van der Waals surface area contributed by atoms with Gasteiger partial charge in [0.1, 0.15) is 0 Å². The van der Waals surface area contributed by atoms with Gasteiger partial charge >= 0.3 is 0 Å². The van der Waals surface area contributed by atoms with Crippen molar-refractivity contribution in [3.63, 3.8) is 0 Å². The van der Waals surface area contributed by atoms with Gasteiger partial charge in [0.15, 0.2) is 0 Å². The summed E-state index contributed by atoms with van der Waals surface area (Å²) < 4.78 is 1.77. The fraction of sp³-hybridized carbons (Fsp3) is 0.769. The maximum Gasteiger partial charge on any atom is 0.0847 e. The predicted molar refractivity (Wildman–Crippen MR) is 71.4 cm³/mol. The zero-order valence-corrected chi connectivity index (χ0v) is 11.8. The van der Waals surface area contributed by atoms with Crippen LogP contribution in [0.2, 0.25) is 5.02 Å². The van der Waals surface area contributed by atoms with Crippen molar-refractivity contribution in [3.8, 4) is 0 Å². The van der Waals surface area contributed by atoms with E-state index in [4.69, 9.17) is 11.6 Å². The number of unbranched alkanes of at least 4 members (excludes halogenated alkanes) is 3. The zero-order chi connectivity index (χ0) is 12.8. The predicted octanol–water partition coefficient (Wildman–Crippen LogP) is 3.26. The van der Waals surface area contributed by atoms with Gasteiger partial charge < -0.3 is 5.11 Å². The fourth-order valence-corrected chi connectivity index (χ4v) is 2.27. The maximum absolute atomic E-state index is 9.96. The first-order valence-electron chi connectivity index (χ1n) is 6.42. The van der Waals surface area contributed by atoms with Crippen LogP contribution in [0.5, 0.6) is 0 Å². The SMILES string of the molecule is CCCCCCC(O)Cc1c(Cl)c(C)nn1C. The minimum atomic E-state index is -0.306. The molecule has 4 heteroatoms. The second kappa shape index (κ2) is 7.02. The number of hydrogen-bond donors (Lipinski definition) is 1. The highest BCUT2D eigenvalue weighted by atomic mass is 35.5. The van der Waals surface area contributed by atoms with Gasteiger partial charge in [-0.3, -0.25) is 4.68 Å². The van der Waals surface area contributed by atoms with Gasteiger partial charge in [-0.05, 0) is 13.3 Å². The number of aromatic nitrogens is 2. The van der Waals surface area contributed by atoms with Crippen molar-refractivity contribution in [1.29, 1.82) is 0 Å². The highest BCUT2D eigenvalue weighted by Gasteiger charge is 2.14. The molecule has 0 bridgehead atoms. The van der Waals surface area contributed by atoms with Gasteiger partial charge in [-0.1, -0.05) is 44.2 Å². The number of aliphatic hydroxyl groups excluding tert-OH is 1. The Balaban J connectivity index is 2.42.